The Labute approximate surface area is 96.1 Å². The van der Waals surface area contributed by atoms with Crippen LogP contribution in [0.15, 0.2) is 30.3 Å². The summed E-state index contributed by atoms with van der Waals surface area (Å²) in [6.45, 7) is 1.66. The molecule has 0 aromatic heterocycles. The van der Waals surface area contributed by atoms with E-state index in [4.69, 9.17) is 0 Å². The number of hydrogen-bond donors (Lipinski definition) is 1. The molecule has 0 fully saturated rings. The molecule has 1 aromatic carbocycles. The summed E-state index contributed by atoms with van der Waals surface area (Å²) < 4.78 is 4.54. The van der Waals surface area contributed by atoms with Crippen LogP contribution >= 0.6 is 0 Å². The zero-order chi connectivity index (χ0) is 12.0. The molecular formula is C13H18O3. The van der Waals surface area contributed by atoms with E-state index in [9.17, 15) is 9.90 Å². The van der Waals surface area contributed by atoms with Crippen molar-refractivity contribution in [1.82, 2.24) is 0 Å². The lowest BCUT2D eigenvalue weighted by molar-refractivity contribution is -0.145. The second kappa shape index (κ2) is 5.66. The van der Waals surface area contributed by atoms with Gasteiger partial charge in [0.25, 0.3) is 0 Å². The van der Waals surface area contributed by atoms with Crippen LogP contribution in [-0.2, 0) is 16.0 Å². The van der Waals surface area contributed by atoms with Crippen LogP contribution in [0.4, 0.5) is 0 Å². The van der Waals surface area contributed by atoms with Crippen molar-refractivity contribution in [3.8, 4) is 0 Å². The number of esters is 1. The summed E-state index contributed by atoms with van der Waals surface area (Å²) in [6, 6.07) is 9.90. The molecule has 0 saturated heterocycles. The number of hydrogen-bond acceptors (Lipinski definition) is 3. The van der Waals surface area contributed by atoms with Crippen molar-refractivity contribution in [2.75, 3.05) is 7.11 Å². The first-order valence-corrected chi connectivity index (χ1v) is 5.37. The van der Waals surface area contributed by atoms with Crippen molar-refractivity contribution in [3.05, 3.63) is 35.9 Å². The van der Waals surface area contributed by atoms with Crippen molar-refractivity contribution in [1.29, 1.82) is 0 Å². The third kappa shape index (κ3) is 4.45. The second-order valence-corrected chi connectivity index (χ2v) is 4.24. The molecule has 0 bridgehead atoms. The molecule has 0 aliphatic rings. The summed E-state index contributed by atoms with van der Waals surface area (Å²) >= 11 is 0. The number of benzene rings is 1. The van der Waals surface area contributed by atoms with Gasteiger partial charge in [-0.1, -0.05) is 30.3 Å². The van der Waals surface area contributed by atoms with E-state index < -0.39 is 5.60 Å². The van der Waals surface area contributed by atoms with E-state index in [1.54, 1.807) is 6.92 Å². The average Bonchev–Trinajstić information content (AvgIpc) is 2.27. The summed E-state index contributed by atoms with van der Waals surface area (Å²) in [5.74, 6) is -0.377. The summed E-state index contributed by atoms with van der Waals surface area (Å²) in [4.78, 5) is 11.1. The fourth-order valence-corrected chi connectivity index (χ4v) is 1.53. The zero-order valence-corrected chi connectivity index (χ0v) is 9.77. The SMILES string of the molecule is COC(=O)C[C@](C)(O)CCc1ccccc1. The van der Waals surface area contributed by atoms with Crippen LogP contribution in [0.25, 0.3) is 0 Å². The maximum Gasteiger partial charge on any atom is 0.308 e. The summed E-state index contributed by atoms with van der Waals surface area (Å²) in [5, 5.41) is 9.98. The van der Waals surface area contributed by atoms with Gasteiger partial charge in [0.15, 0.2) is 0 Å². The van der Waals surface area contributed by atoms with Gasteiger partial charge in [-0.2, -0.15) is 0 Å². The summed E-state index contributed by atoms with van der Waals surface area (Å²) in [5.41, 5.74) is 0.163. The van der Waals surface area contributed by atoms with E-state index in [1.165, 1.54) is 7.11 Å². The maximum atomic E-state index is 11.1. The van der Waals surface area contributed by atoms with E-state index in [2.05, 4.69) is 4.74 Å². The predicted molar refractivity (Wildman–Crippen MR) is 62.0 cm³/mol. The van der Waals surface area contributed by atoms with Crippen LogP contribution in [0.2, 0.25) is 0 Å². The molecule has 1 atom stereocenters. The quantitative estimate of drug-likeness (QED) is 0.774. The lowest BCUT2D eigenvalue weighted by Gasteiger charge is -2.21. The van der Waals surface area contributed by atoms with Crippen molar-refractivity contribution >= 4 is 5.97 Å². The Morgan fingerprint density at radius 2 is 2.00 bits per heavy atom. The molecule has 0 amide bonds. The van der Waals surface area contributed by atoms with Crippen LogP contribution < -0.4 is 0 Å². The van der Waals surface area contributed by atoms with Crippen LogP contribution in [-0.4, -0.2) is 23.8 Å². The molecule has 0 unspecified atom stereocenters. The molecule has 3 heteroatoms. The monoisotopic (exact) mass is 222 g/mol. The molecule has 0 heterocycles. The van der Waals surface area contributed by atoms with Crippen LogP contribution in [0.3, 0.4) is 0 Å². The minimum atomic E-state index is -0.997. The summed E-state index contributed by atoms with van der Waals surface area (Å²) in [7, 11) is 1.33. The minimum absolute atomic E-state index is 0.0380. The first kappa shape index (κ1) is 12.7. The van der Waals surface area contributed by atoms with Gasteiger partial charge in [0, 0.05) is 0 Å². The molecule has 1 aromatic rings. The topological polar surface area (TPSA) is 46.5 Å². The van der Waals surface area contributed by atoms with E-state index in [0.29, 0.717) is 6.42 Å². The summed E-state index contributed by atoms with van der Waals surface area (Å²) in [6.07, 6.45) is 1.34. The zero-order valence-electron chi connectivity index (χ0n) is 9.77. The van der Waals surface area contributed by atoms with Gasteiger partial charge >= 0.3 is 5.97 Å². The van der Waals surface area contributed by atoms with E-state index >= 15 is 0 Å². The van der Waals surface area contributed by atoms with Crippen molar-refractivity contribution in [3.63, 3.8) is 0 Å². The Hall–Kier alpha value is -1.35. The van der Waals surface area contributed by atoms with Crippen LogP contribution in [0.5, 0.6) is 0 Å². The van der Waals surface area contributed by atoms with Crippen molar-refractivity contribution < 1.29 is 14.6 Å². The van der Waals surface area contributed by atoms with Gasteiger partial charge in [-0.25, -0.2) is 0 Å². The first-order chi connectivity index (χ1) is 7.53. The molecule has 16 heavy (non-hydrogen) atoms. The average molecular weight is 222 g/mol. The number of aryl methyl sites for hydroxylation is 1. The maximum absolute atomic E-state index is 11.1. The molecule has 0 saturated carbocycles. The van der Waals surface area contributed by atoms with Gasteiger partial charge in [0.05, 0.1) is 19.1 Å². The number of carbonyl (C=O) groups is 1. The van der Waals surface area contributed by atoms with Crippen molar-refractivity contribution in [2.24, 2.45) is 0 Å². The molecule has 3 nitrogen and oxygen atoms in total. The van der Waals surface area contributed by atoms with Crippen LogP contribution in [0.1, 0.15) is 25.3 Å². The molecule has 88 valence electrons. The Morgan fingerprint density at radius 1 is 1.38 bits per heavy atom. The lowest BCUT2D eigenvalue weighted by atomic mass is 9.94. The fourth-order valence-electron chi connectivity index (χ4n) is 1.53. The number of methoxy groups -OCH3 is 1. The van der Waals surface area contributed by atoms with E-state index in [0.717, 1.165) is 12.0 Å². The second-order valence-electron chi connectivity index (χ2n) is 4.24. The molecular weight excluding hydrogens is 204 g/mol. The highest BCUT2D eigenvalue weighted by molar-refractivity contribution is 5.70. The van der Waals surface area contributed by atoms with E-state index in [-0.39, 0.29) is 12.4 Å². The lowest BCUT2D eigenvalue weighted by Crippen LogP contribution is -2.29. The number of rotatable bonds is 5. The Morgan fingerprint density at radius 3 is 2.56 bits per heavy atom. The van der Waals surface area contributed by atoms with Gasteiger partial charge in [-0.05, 0) is 25.3 Å². The Bertz CT molecular complexity index is 330. The molecule has 1 N–H and O–H groups in total. The smallest absolute Gasteiger partial charge is 0.308 e. The third-order valence-electron chi connectivity index (χ3n) is 2.55. The predicted octanol–water partition coefficient (Wildman–Crippen LogP) is 1.93. The fraction of sp³-hybridized carbons (Fsp3) is 0.462. The number of ether oxygens (including phenoxy) is 1. The highest BCUT2D eigenvalue weighted by Gasteiger charge is 2.24. The van der Waals surface area contributed by atoms with Crippen LogP contribution in [0, 0.1) is 0 Å². The largest absolute Gasteiger partial charge is 0.469 e. The number of aliphatic hydroxyl groups is 1. The number of carbonyl (C=O) groups excluding carboxylic acids is 1. The van der Waals surface area contributed by atoms with Gasteiger partial charge < -0.3 is 9.84 Å². The molecule has 0 aliphatic carbocycles. The third-order valence-corrected chi connectivity index (χ3v) is 2.55. The highest BCUT2D eigenvalue weighted by Crippen LogP contribution is 2.18. The highest BCUT2D eigenvalue weighted by atomic mass is 16.5. The first-order valence-electron chi connectivity index (χ1n) is 5.37. The van der Waals surface area contributed by atoms with Gasteiger partial charge in [0.1, 0.15) is 0 Å². The van der Waals surface area contributed by atoms with Crippen molar-refractivity contribution in [2.45, 2.75) is 31.8 Å². The molecule has 0 aliphatic heterocycles. The normalized spacial score (nSPS) is 14.2. The minimum Gasteiger partial charge on any atom is -0.469 e. The Kier molecular flexibility index (Phi) is 4.50. The van der Waals surface area contributed by atoms with Gasteiger partial charge in [-0.3, -0.25) is 4.79 Å². The molecule has 1 rings (SSSR count). The molecule has 0 spiro atoms. The van der Waals surface area contributed by atoms with Gasteiger partial charge in [0.2, 0.25) is 0 Å². The Balaban J connectivity index is 2.44. The standard InChI is InChI=1S/C13H18O3/c1-13(15,10-12(14)16-2)9-8-11-6-4-3-5-7-11/h3-7,15H,8-10H2,1-2H3/t13-/m1/s1. The van der Waals surface area contributed by atoms with Gasteiger partial charge in [-0.15, -0.1) is 0 Å². The molecule has 0 radical (unpaired) electrons. The van der Waals surface area contributed by atoms with E-state index in [1.807, 2.05) is 30.3 Å².